The lowest BCUT2D eigenvalue weighted by molar-refractivity contribution is -0.128. The number of halogens is 1. The van der Waals surface area contributed by atoms with Crippen molar-refractivity contribution in [3.05, 3.63) is 52.0 Å². The SMILES string of the molecule is NC[C@H]1CC[C@@H](C(=O)N=c2sccn2Cc2ccccc2F)O1. The third-order valence-electron chi connectivity index (χ3n) is 3.81. The number of amides is 1. The summed E-state index contributed by atoms with van der Waals surface area (Å²) in [6.45, 7) is 0.745. The molecule has 0 saturated carbocycles. The van der Waals surface area contributed by atoms with Gasteiger partial charge in [0, 0.05) is 23.7 Å². The summed E-state index contributed by atoms with van der Waals surface area (Å²) in [6, 6.07) is 6.57. The molecule has 0 radical (unpaired) electrons. The summed E-state index contributed by atoms with van der Waals surface area (Å²) >= 11 is 1.34. The van der Waals surface area contributed by atoms with E-state index in [1.54, 1.807) is 29.0 Å². The van der Waals surface area contributed by atoms with Crippen LogP contribution in [0.2, 0.25) is 0 Å². The van der Waals surface area contributed by atoms with Gasteiger partial charge in [-0.2, -0.15) is 4.99 Å². The standard InChI is InChI=1S/C16H18FN3O2S/c17-13-4-2-1-3-11(13)10-20-7-8-23-16(20)19-15(21)14-6-5-12(9-18)22-14/h1-4,7-8,12,14H,5-6,9-10,18H2/t12-,14+/m1/s1. The topological polar surface area (TPSA) is 69.6 Å². The molecule has 1 aromatic heterocycles. The van der Waals surface area contributed by atoms with E-state index in [2.05, 4.69) is 4.99 Å². The van der Waals surface area contributed by atoms with Gasteiger partial charge in [0.05, 0.1) is 12.6 Å². The zero-order valence-corrected chi connectivity index (χ0v) is 13.3. The summed E-state index contributed by atoms with van der Waals surface area (Å²) in [7, 11) is 0. The maximum Gasteiger partial charge on any atom is 0.277 e. The minimum Gasteiger partial charge on any atom is -0.364 e. The fraction of sp³-hybridized carbons (Fsp3) is 0.375. The van der Waals surface area contributed by atoms with Gasteiger partial charge in [-0.3, -0.25) is 4.79 Å². The van der Waals surface area contributed by atoms with Gasteiger partial charge >= 0.3 is 0 Å². The van der Waals surface area contributed by atoms with Gasteiger partial charge < -0.3 is 15.0 Å². The molecule has 1 fully saturated rings. The number of ether oxygens (including phenoxy) is 1. The summed E-state index contributed by atoms with van der Waals surface area (Å²) in [6.07, 6.45) is 2.63. The van der Waals surface area contributed by atoms with Gasteiger partial charge in [0.1, 0.15) is 11.9 Å². The maximum absolute atomic E-state index is 13.8. The molecule has 0 unspecified atom stereocenters. The van der Waals surface area contributed by atoms with E-state index in [0.29, 0.717) is 29.9 Å². The molecule has 3 rings (SSSR count). The Morgan fingerprint density at radius 3 is 3.00 bits per heavy atom. The minimum absolute atomic E-state index is 0.0620. The molecule has 7 heteroatoms. The Bertz CT molecular complexity index is 756. The molecule has 1 aromatic carbocycles. The normalized spacial score (nSPS) is 21.7. The van der Waals surface area contributed by atoms with Crippen molar-refractivity contribution in [2.45, 2.75) is 31.6 Å². The lowest BCUT2D eigenvalue weighted by Crippen LogP contribution is -2.26. The molecular formula is C16H18FN3O2S. The predicted molar refractivity (Wildman–Crippen MR) is 85.3 cm³/mol. The highest BCUT2D eigenvalue weighted by Crippen LogP contribution is 2.19. The maximum atomic E-state index is 13.8. The Morgan fingerprint density at radius 2 is 2.26 bits per heavy atom. The number of thiazole rings is 1. The van der Waals surface area contributed by atoms with Gasteiger partial charge in [-0.25, -0.2) is 4.39 Å². The second kappa shape index (κ2) is 7.16. The number of carbonyl (C=O) groups excluding carboxylic acids is 1. The van der Waals surface area contributed by atoms with Gasteiger partial charge in [0.25, 0.3) is 5.91 Å². The van der Waals surface area contributed by atoms with E-state index in [0.717, 1.165) is 6.42 Å². The molecular weight excluding hydrogens is 317 g/mol. The van der Waals surface area contributed by atoms with Gasteiger partial charge in [-0.15, -0.1) is 11.3 Å². The van der Waals surface area contributed by atoms with Gasteiger partial charge in [0.15, 0.2) is 4.80 Å². The molecule has 122 valence electrons. The molecule has 2 N–H and O–H groups in total. The van der Waals surface area contributed by atoms with E-state index in [-0.39, 0.29) is 17.8 Å². The molecule has 2 aromatic rings. The van der Waals surface area contributed by atoms with Crippen molar-refractivity contribution in [1.29, 1.82) is 0 Å². The first kappa shape index (κ1) is 16.0. The Balaban J connectivity index is 1.78. The van der Waals surface area contributed by atoms with Crippen molar-refractivity contribution < 1.29 is 13.9 Å². The van der Waals surface area contributed by atoms with E-state index in [9.17, 15) is 9.18 Å². The molecule has 5 nitrogen and oxygen atoms in total. The van der Waals surface area contributed by atoms with Crippen molar-refractivity contribution >= 4 is 17.2 Å². The van der Waals surface area contributed by atoms with Gasteiger partial charge in [0.2, 0.25) is 0 Å². The molecule has 1 amide bonds. The van der Waals surface area contributed by atoms with Crippen LogP contribution in [0.1, 0.15) is 18.4 Å². The minimum atomic E-state index is -0.521. The smallest absolute Gasteiger partial charge is 0.277 e. The summed E-state index contributed by atoms with van der Waals surface area (Å²) in [4.78, 5) is 16.9. The second-order valence-electron chi connectivity index (χ2n) is 5.41. The molecule has 2 heterocycles. The van der Waals surface area contributed by atoms with Crippen LogP contribution in [0.25, 0.3) is 0 Å². The van der Waals surface area contributed by atoms with E-state index in [1.807, 2.05) is 5.38 Å². The third-order valence-corrected chi connectivity index (χ3v) is 4.60. The fourth-order valence-electron chi connectivity index (χ4n) is 2.54. The second-order valence-corrected chi connectivity index (χ2v) is 6.29. The van der Waals surface area contributed by atoms with Gasteiger partial charge in [-0.1, -0.05) is 18.2 Å². The highest BCUT2D eigenvalue weighted by Gasteiger charge is 2.29. The molecule has 1 saturated heterocycles. The predicted octanol–water partition coefficient (Wildman–Crippen LogP) is 1.67. The summed E-state index contributed by atoms with van der Waals surface area (Å²) in [5.41, 5.74) is 6.11. The zero-order valence-electron chi connectivity index (χ0n) is 12.5. The van der Waals surface area contributed by atoms with Crippen LogP contribution in [0.5, 0.6) is 0 Å². The van der Waals surface area contributed by atoms with Crippen LogP contribution in [0.15, 0.2) is 40.8 Å². The summed E-state index contributed by atoms with van der Waals surface area (Å²) in [5.74, 6) is -0.570. The number of benzene rings is 1. The summed E-state index contributed by atoms with van der Waals surface area (Å²) in [5, 5.41) is 1.82. The first-order valence-electron chi connectivity index (χ1n) is 7.49. The summed E-state index contributed by atoms with van der Waals surface area (Å²) < 4.78 is 21.1. The van der Waals surface area contributed by atoms with E-state index < -0.39 is 6.10 Å². The van der Waals surface area contributed by atoms with E-state index >= 15 is 0 Å². The van der Waals surface area contributed by atoms with Crippen LogP contribution >= 0.6 is 11.3 Å². The molecule has 0 bridgehead atoms. The van der Waals surface area contributed by atoms with Crippen LogP contribution in [0.4, 0.5) is 4.39 Å². The van der Waals surface area contributed by atoms with Crippen molar-refractivity contribution in [3.63, 3.8) is 0 Å². The number of rotatable bonds is 4. The largest absolute Gasteiger partial charge is 0.364 e. The molecule has 1 aliphatic heterocycles. The molecule has 0 spiro atoms. The van der Waals surface area contributed by atoms with E-state index in [4.69, 9.17) is 10.5 Å². The first-order valence-corrected chi connectivity index (χ1v) is 8.37. The number of nitrogens with two attached hydrogens (primary N) is 1. The highest BCUT2D eigenvalue weighted by molar-refractivity contribution is 7.07. The van der Waals surface area contributed by atoms with Gasteiger partial charge in [-0.05, 0) is 18.9 Å². The molecule has 1 aliphatic rings. The Hall–Kier alpha value is -1.83. The third kappa shape index (κ3) is 3.74. The van der Waals surface area contributed by atoms with Crippen LogP contribution in [-0.4, -0.2) is 29.2 Å². The number of aromatic nitrogens is 1. The van der Waals surface area contributed by atoms with Crippen LogP contribution in [0, 0.1) is 5.82 Å². The Morgan fingerprint density at radius 1 is 1.43 bits per heavy atom. The van der Waals surface area contributed by atoms with Crippen molar-refractivity contribution in [3.8, 4) is 0 Å². The average molecular weight is 335 g/mol. The van der Waals surface area contributed by atoms with Crippen LogP contribution in [-0.2, 0) is 16.1 Å². The molecule has 0 aliphatic carbocycles. The lowest BCUT2D eigenvalue weighted by atomic mass is 10.2. The van der Waals surface area contributed by atoms with E-state index in [1.165, 1.54) is 17.4 Å². The quantitative estimate of drug-likeness (QED) is 0.924. The molecule has 2 atom stereocenters. The monoisotopic (exact) mass is 335 g/mol. The van der Waals surface area contributed by atoms with Crippen molar-refractivity contribution in [2.75, 3.05) is 6.54 Å². The first-order chi connectivity index (χ1) is 11.2. The highest BCUT2D eigenvalue weighted by atomic mass is 32.1. The number of nitrogens with zero attached hydrogens (tertiary/aromatic N) is 2. The van der Waals surface area contributed by atoms with Crippen LogP contribution < -0.4 is 10.5 Å². The zero-order chi connectivity index (χ0) is 16.2. The van der Waals surface area contributed by atoms with Crippen LogP contribution in [0.3, 0.4) is 0 Å². The Labute approximate surface area is 137 Å². The lowest BCUT2D eigenvalue weighted by Gasteiger charge is -2.08. The van der Waals surface area contributed by atoms with Crippen molar-refractivity contribution in [1.82, 2.24) is 4.57 Å². The number of hydrogen-bond acceptors (Lipinski definition) is 4. The number of carbonyl (C=O) groups is 1. The fourth-order valence-corrected chi connectivity index (χ4v) is 3.28. The number of hydrogen-bond donors (Lipinski definition) is 1. The average Bonchev–Trinajstić information content (AvgIpc) is 3.19. The Kier molecular flexibility index (Phi) is 5.00. The van der Waals surface area contributed by atoms with Crippen molar-refractivity contribution in [2.24, 2.45) is 10.7 Å². The molecule has 23 heavy (non-hydrogen) atoms.